The van der Waals surface area contributed by atoms with Crippen molar-refractivity contribution in [3.8, 4) is 0 Å². The largest absolute Gasteiger partial charge is 0.481 e. The minimum Gasteiger partial charge on any atom is -0.481 e. The number of carboxylic acids is 1. The second-order valence-electron chi connectivity index (χ2n) is 2.68. The fourth-order valence-electron chi connectivity index (χ4n) is 0.679. The van der Waals surface area contributed by atoms with E-state index < -0.39 is 12.1 Å². The predicted molar refractivity (Wildman–Crippen MR) is 45.9 cm³/mol. The summed E-state index contributed by atoms with van der Waals surface area (Å²) in [6.07, 6.45) is 0.634. The van der Waals surface area contributed by atoms with Crippen LogP contribution in [0.3, 0.4) is 0 Å². The highest BCUT2D eigenvalue weighted by molar-refractivity contribution is 5.67. The van der Waals surface area contributed by atoms with Crippen molar-refractivity contribution in [3.05, 3.63) is 12.7 Å². The molecule has 0 aromatic carbocycles. The molecule has 0 amide bonds. The fourth-order valence-corrected chi connectivity index (χ4v) is 0.679. The second kappa shape index (κ2) is 5.74. The summed E-state index contributed by atoms with van der Waals surface area (Å²) in [5.41, 5.74) is 0. The molecule has 2 unspecified atom stereocenters. The maximum atomic E-state index is 10.1. The summed E-state index contributed by atoms with van der Waals surface area (Å²) in [7, 11) is 0. The Labute approximate surface area is 71.9 Å². The third-order valence-electron chi connectivity index (χ3n) is 1.44. The zero-order valence-corrected chi connectivity index (χ0v) is 7.16. The molecule has 70 valence electrons. The molecule has 0 spiro atoms. The highest BCUT2D eigenvalue weighted by Gasteiger charge is 2.09. The molecule has 0 heterocycles. The van der Waals surface area contributed by atoms with Crippen LogP contribution in [0.1, 0.15) is 13.3 Å². The monoisotopic (exact) mass is 173 g/mol. The van der Waals surface area contributed by atoms with Crippen LogP contribution >= 0.6 is 0 Å². The minimum atomic E-state index is -0.990. The van der Waals surface area contributed by atoms with E-state index in [0.717, 1.165) is 0 Å². The maximum Gasteiger partial charge on any atom is 0.306 e. The molecule has 0 saturated heterocycles. The predicted octanol–water partition coefficient (Wildman–Crippen LogP) is -0.0139. The fraction of sp³-hybridized carbons (Fsp3) is 0.625. The first-order chi connectivity index (χ1) is 5.56. The summed E-state index contributed by atoms with van der Waals surface area (Å²) >= 11 is 0. The van der Waals surface area contributed by atoms with Crippen LogP contribution in [0.2, 0.25) is 0 Å². The lowest BCUT2D eigenvalue weighted by molar-refractivity contribution is -0.139. The first kappa shape index (κ1) is 11.1. The molecule has 0 saturated carbocycles. The highest BCUT2D eigenvalue weighted by atomic mass is 16.4. The van der Waals surface area contributed by atoms with Gasteiger partial charge in [-0.1, -0.05) is 6.08 Å². The molecule has 4 heteroatoms. The van der Waals surface area contributed by atoms with Crippen LogP contribution < -0.4 is 5.32 Å². The summed E-state index contributed by atoms with van der Waals surface area (Å²) in [6, 6.07) is 0.0912. The van der Waals surface area contributed by atoms with E-state index in [9.17, 15) is 4.79 Å². The van der Waals surface area contributed by atoms with Crippen LogP contribution in [0, 0.1) is 0 Å². The number of carbonyl (C=O) groups is 1. The number of nitrogens with one attached hydrogen (secondary N) is 1. The Morgan fingerprint density at radius 1 is 1.75 bits per heavy atom. The zero-order chi connectivity index (χ0) is 9.56. The molecule has 0 rings (SSSR count). The van der Waals surface area contributed by atoms with Crippen molar-refractivity contribution in [1.82, 2.24) is 5.32 Å². The van der Waals surface area contributed by atoms with Gasteiger partial charge in [-0.2, -0.15) is 0 Å². The molecule has 0 aliphatic heterocycles. The third kappa shape index (κ3) is 5.88. The molecular weight excluding hydrogens is 158 g/mol. The van der Waals surface area contributed by atoms with E-state index in [1.54, 1.807) is 6.08 Å². The molecule has 2 atom stereocenters. The summed E-state index contributed by atoms with van der Waals surface area (Å²) < 4.78 is 0. The first-order valence-electron chi connectivity index (χ1n) is 3.82. The normalized spacial score (nSPS) is 15.2. The lowest BCUT2D eigenvalue weighted by Crippen LogP contribution is -2.33. The van der Waals surface area contributed by atoms with Gasteiger partial charge in [0.15, 0.2) is 0 Å². The van der Waals surface area contributed by atoms with Crippen LogP contribution in [-0.4, -0.2) is 34.9 Å². The number of hydrogen-bond acceptors (Lipinski definition) is 3. The van der Waals surface area contributed by atoms with Crippen molar-refractivity contribution in [1.29, 1.82) is 0 Å². The van der Waals surface area contributed by atoms with Gasteiger partial charge in [0, 0.05) is 12.6 Å². The van der Waals surface area contributed by atoms with Gasteiger partial charge >= 0.3 is 5.97 Å². The quantitative estimate of drug-likeness (QED) is 0.494. The van der Waals surface area contributed by atoms with Crippen molar-refractivity contribution in [2.75, 3.05) is 6.54 Å². The first-order valence-corrected chi connectivity index (χ1v) is 3.82. The molecule has 4 nitrogen and oxygen atoms in total. The van der Waals surface area contributed by atoms with Crippen LogP contribution in [0.4, 0.5) is 0 Å². The molecular formula is C8H15NO3. The van der Waals surface area contributed by atoms with Gasteiger partial charge in [-0.25, -0.2) is 0 Å². The van der Waals surface area contributed by atoms with E-state index >= 15 is 0 Å². The van der Waals surface area contributed by atoms with Crippen molar-refractivity contribution in [3.63, 3.8) is 0 Å². The Hall–Kier alpha value is -0.870. The number of aliphatic hydroxyl groups is 1. The van der Waals surface area contributed by atoms with E-state index in [1.807, 2.05) is 6.92 Å². The van der Waals surface area contributed by atoms with E-state index in [0.29, 0.717) is 0 Å². The Bertz CT molecular complexity index is 158. The summed E-state index contributed by atoms with van der Waals surface area (Å²) in [4.78, 5) is 10.1. The average molecular weight is 173 g/mol. The smallest absolute Gasteiger partial charge is 0.306 e. The third-order valence-corrected chi connectivity index (χ3v) is 1.44. The van der Waals surface area contributed by atoms with Crippen LogP contribution in [-0.2, 0) is 4.79 Å². The minimum absolute atomic E-state index is 0.0912. The highest BCUT2D eigenvalue weighted by Crippen LogP contribution is 1.90. The number of carboxylic acid groups (broad SMARTS) is 1. The van der Waals surface area contributed by atoms with Crippen molar-refractivity contribution in [2.24, 2.45) is 0 Å². The van der Waals surface area contributed by atoms with Gasteiger partial charge in [0.05, 0.1) is 12.5 Å². The average Bonchev–Trinajstić information content (AvgIpc) is 1.99. The van der Waals surface area contributed by atoms with Crippen LogP contribution in [0.15, 0.2) is 12.7 Å². The van der Waals surface area contributed by atoms with Crippen molar-refractivity contribution < 1.29 is 15.0 Å². The summed E-state index contributed by atoms with van der Waals surface area (Å²) in [5.74, 6) is -0.990. The lowest BCUT2D eigenvalue weighted by atomic mass is 10.2. The standard InChI is InChI=1S/C8H15NO3/c1-3-6(2)9-5-7(10)4-8(11)12/h3,6-7,9-10H,1,4-5H2,2H3,(H,11,12). The van der Waals surface area contributed by atoms with Crippen LogP contribution in [0.5, 0.6) is 0 Å². The topological polar surface area (TPSA) is 69.6 Å². The van der Waals surface area contributed by atoms with E-state index in [2.05, 4.69) is 11.9 Å². The molecule has 0 aliphatic carbocycles. The van der Waals surface area contributed by atoms with E-state index in [1.165, 1.54) is 0 Å². The molecule has 0 aliphatic rings. The molecule has 0 bridgehead atoms. The molecule has 0 fully saturated rings. The van der Waals surface area contributed by atoms with Gasteiger partial charge in [-0.05, 0) is 6.92 Å². The van der Waals surface area contributed by atoms with E-state index in [4.69, 9.17) is 10.2 Å². The van der Waals surface area contributed by atoms with Gasteiger partial charge < -0.3 is 15.5 Å². The number of hydrogen-bond donors (Lipinski definition) is 3. The van der Waals surface area contributed by atoms with Crippen molar-refractivity contribution in [2.45, 2.75) is 25.5 Å². The zero-order valence-electron chi connectivity index (χ0n) is 7.16. The molecule has 0 aromatic heterocycles. The molecule has 0 aromatic rings. The van der Waals surface area contributed by atoms with Gasteiger partial charge in [0.25, 0.3) is 0 Å². The maximum absolute atomic E-state index is 10.1. The number of rotatable bonds is 6. The summed E-state index contributed by atoms with van der Waals surface area (Å²) in [6.45, 7) is 5.69. The Kier molecular flexibility index (Phi) is 5.32. The van der Waals surface area contributed by atoms with Crippen molar-refractivity contribution >= 4 is 5.97 Å². The molecule has 0 radical (unpaired) electrons. The Morgan fingerprint density at radius 2 is 2.33 bits per heavy atom. The summed E-state index contributed by atoms with van der Waals surface area (Å²) in [5, 5.41) is 20.3. The van der Waals surface area contributed by atoms with Crippen LogP contribution in [0.25, 0.3) is 0 Å². The van der Waals surface area contributed by atoms with Gasteiger partial charge in [-0.3, -0.25) is 4.79 Å². The van der Waals surface area contributed by atoms with E-state index in [-0.39, 0.29) is 19.0 Å². The second-order valence-corrected chi connectivity index (χ2v) is 2.68. The number of aliphatic carboxylic acids is 1. The Balaban J connectivity index is 3.49. The van der Waals surface area contributed by atoms with Gasteiger partial charge in [0.2, 0.25) is 0 Å². The van der Waals surface area contributed by atoms with Gasteiger partial charge in [0.1, 0.15) is 0 Å². The lowest BCUT2D eigenvalue weighted by Gasteiger charge is -2.12. The SMILES string of the molecule is C=CC(C)NCC(O)CC(=O)O. The molecule has 3 N–H and O–H groups in total. The van der Waals surface area contributed by atoms with Gasteiger partial charge in [-0.15, -0.1) is 6.58 Å². The Morgan fingerprint density at radius 3 is 2.75 bits per heavy atom. The molecule has 12 heavy (non-hydrogen) atoms. The number of aliphatic hydroxyl groups excluding tert-OH is 1.